The fourth-order valence-corrected chi connectivity index (χ4v) is 2.65. The Kier molecular flexibility index (Phi) is 4.71. The molecule has 0 fully saturated rings. The lowest BCUT2D eigenvalue weighted by Crippen LogP contribution is -2.38. The summed E-state index contributed by atoms with van der Waals surface area (Å²) in [5.41, 5.74) is 0.517. The van der Waals surface area contributed by atoms with Crippen LogP contribution in [0.4, 0.5) is 5.69 Å². The number of alkyl halides is 1. The highest BCUT2D eigenvalue weighted by molar-refractivity contribution is 6.43. The number of carbonyl (C=O) groups is 2. The molecule has 0 saturated heterocycles. The van der Waals surface area contributed by atoms with Crippen LogP contribution in [0.5, 0.6) is 0 Å². The second-order valence-electron chi connectivity index (χ2n) is 5.38. The van der Waals surface area contributed by atoms with Crippen molar-refractivity contribution in [2.75, 3.05) is 5.32 Å². The number of hydrogen-bond acceptors (Lipinski definition) is 6. The van der Waals surface area contributed by atoms with Gasteiger partial charge in [0.25, 0.3) is 5.91 Å². The second-order valence-corrected chi connectivity index (χ2v) is 5.83. The maximum absolute atomic E-state index is 12.2. The van der Waals surface area contributed by atoms with Gasteiger partial charge in [0, 0.05) is 11.3 Å². The average Bonchev–Trinajstić information content (AvgIpc) is 3.22. The van der Waals surface area contributed by atoms with E-state index >= 15 is 0 Å². The zero-order chi connectivity index (χ0) is 18.0. The molecule has 3 N–H and O–H groups in total. The summed E-state index contributed by atoms with van der Waals surface area (Å²) >= 11 is 6.04. The van der Waals surface area contributed by atoms with E-state index in [0.29, 0.717) is 11.3 Å². The lowest BCUT2D eigenvalue weighted by Gasteiger charge is -2.11. The first-order valence-electron chi connectivity index (χ1n) is 7.57. The first-order chi connectivity index (χ1) is 12.0. The summed E-state index contributed by atoms with van der Waals surface area (Å²) in [6.45, 7) is 1.96. The Morgan fingerprint density at radius 1 is 1.36 bits per heavy atom. The molecule has 2 heterocycles. The fourth-order valence-electron chi connectivity index (χ4n) is 2.31. The van der Waals surface area contributed by atoms with Crippen LogP contribution in [0.15, 0.2) is 39.9 Å². The maximum Gasteiger partial charge on any atom is 0.357 e. The monoisotopic (exact) mass is 362 g/mol. The van der Waals surface area contributed by atoms with Crippen LogP contribution in [0, 0.1) is 0 Å². The highest BCUT2D eigenvalue weighted by Gasteiger charge is 2.28. The molecule has 1 aliphatic heterocycles. The van der Waals surface area contributed by atoms with Gasteiger partial charge in [-0.05, 0) is 30.7 Å². The average molecular weight is 363 g/mol. The number of halogens is 1. The molecule has 0 spiro atoms. The minimum absolute atomic E-state index is 0.0572. The number of nitrogens with zero attached hydrogens (tertiary/aromatic N) is 2. The van der Waals surface area contributed by atoms with Gasteiger partial charge in [0.05, 0.1) is 6.04 Å². The Bertz CT molecular complexity index is 831. The molecule has 2 aromatic rings. The molecular formula is C16H15ClN4O4. The van der Waals surface area contributed by atoms with Gasteiger partial charge < -0.3 is 20.2 Å². The Morgan fingerprint density at radius 2 is 2.08 bits per heavy atom. The second kappa shape index (κ2) is 6.94. The van der Waals surface area contributed by atoms with Crippen molar-refractivity contribution < 1.29 is 19.1 Å². The van der Waals surface area contributed by atoms with Crippen molar-refractivity contribution in [3.05, 3.63) is 36.2 Å². The molecule has 0 radical (unpaired) electrons. The van der Waals surface area contributed by atoms with Crippen LogP contribution in [0.1, 0.15) is 23.8 Å². The van der Waals surface area contributed by atoms with Gasteiger partial charge in [0.15, 0.2) is 11.5 Å². The predicted octanol–water partition coefficient (Wildman–Crippen LogP) is 2.32. The number of carboxylic acid groups (broad SMARTS) is 1. The Balaban J connectivity index is 1.67. The van der Waals surface area contributed by atoms with E-state index in [4.69, 9.17) is 21.1 Å². The third-order valence-corrected chi connectivity index (χ3v) is 4.08. The first kappa shape index (κ1) is 17.0. The van der Waals surface area contributed by atoms with Crippen LogP contribution < -0.4 is 10.6 Å². The molecule has 2 atom stereocenters. The van der Waals surface area contributed by atoms with E-state index in [9.17, 15) is 9.59 Å². The van der Waals surface area contributed by atoms with E-state index in [1.54, 1.807) is 24.3 Å². The van der Waals surface area contributed by atoms with E-state index in [0.717, 1.165) is 12.7 Å². The number of amidine groups is 1. The lowest BCUT2D eigenvalue weighted by molar-refractivity contribution is -0.110. The lowest BCUT2D eigenvalue weighted by atomic mass is 10.2. The van der Waals surface area contributed by atoms with E-state index in [1.165, 1.54) is 0 Å². The van der Waals surface area contributed by atoms with Crippen molar-refractivity contribution in [2.24, 2.45) is 4.99 Å². The van der Waals surface area contributed by atoms with Crippen LogP contribution in [0.3, 0.4) is 0 Å². The quantitative estimate of drug-likeness (QED) is 0.555. The van der Waals surface area contributed by atoms with Gasteiger partial charge in [-0.1, -0.05) is 18.5 Å². The van der Waals surface area contributed by atoms with Crippen LogP contribution in [-0.4, -0.2) is 39.3 Å². The van der Waals surface area contributed by atoms with E-state index in [1.807, 2.05) is 6.92 Å². The largest absolute Gasteiger partial charge is 0.476 e. The molecule has 8 nitrogen and oxygen atoms in total. The molecular weight excluding hydrogens is 348 g/mol. The predicted molar refractivity (Wildman–Crippen MR) is 91.8 cm³/mol. The van der Waals surface area contributed by atoms with Crippen LogP contribution in [0.2, 0.25) is 0 Å². The Morgan fingerprint density at radius 3 is 2.64 bits per heavy atom. The number of hydrogen-bond donors (Lipinski definition) is 3. The third-order valence-electron chi connectivity index (χ3n) is 3.67. The number of carbonyl (C=O) groups excluding carboxylic acids is 1. The molecule has 1 amide bonds. The summed E-state index contributed by atoms with van der Waals surface area (Å²) in [5.74, 6) is -1.15. The molecule has 2 unspecified atom stereocenters. The van der Waals surface area contributed by atoms with Gasteiger partial charge in [-0.2, -0.15) is 0 Å². The zero-order valence-corrected chi connectivity index (χ0v) is 13.9. The number of oxazole rings is 1. The van der Waals surface area contributed by atoms with Crippen molar-refractivity contribution in [3.63, 3.8) is 0 Å². The number of aliphatic imine (C=N–C) groups is 1. The zero-order valence-electron chi connectivity index (χ0n) is 13.2. The number of aromatic carboxylic acids is 1. The van der Waals surface area contributed by atoms with Gasteiger partial charge in [-0.25, -0.2) is 14.8 Å². The molecule has 1 aliphatic rings. The van der Waals surface area contributed by atoms with Crippen LogP contribution in [-0.2, 0) is 4.79 Å². The molecule has 0 saturated carbocycles. The number of amides is 1. The topological polar surface area (TPSA) is 117 Å². The smallest absolute Gasteiger partial charge is 0.357 e. The molecule has 130 valence electrons. The van der Waals surface area contributed by atoms with E-state index in [2.05, 4.69) is 20.6 Å². The molecule has 1 aromatic heterocycles. The van der Waals surface area contributed by atoms with Gasteiger partial charge in [0.2, 0.25) is 5.89 Å². The third kappa shape index (κ3) is 3.63. The van der Waals surface area contributed by atoms with Crippen LogP contribution in [0.25, 0.3) is 11.5 Å². The first-order valence-corrected chi connectivity index (χ1v) is 8.00. The number of aromatic nitrogens is 1. The summed E-state index contributed by atoms with van der Waals surface area (Å²) in [6.07, 6.45) is 1.83. The van der Waals surface area contributed by atoms with Gasteiger partial charge in [-0.3, -0.25) is 4.79 Å². The minimum atomic E-state index is -1.16. The van der Waals surface area contributed by atoms with Gasteiger partial charge in [0.1, 0.15) is 11.8 Å². The number of nitrogens with one attached hydrogen (secondary N) is 2. The molecule has 9 heteroatoms. The van der Waals surface area contributed by atoms with Crippen molar-refractivity contribution in [1.29, 1.82) is 0 Å². The molecule has 25 heavy (non-hydrogen) atoms. The molecule has 0 aliphatic carbocycles. The summed E-state index contributed by atoms with van der Waals surface area (Å²) in [4.78, 5) is 31.0. The number of benzene rings is 1. The van der Waals surface area contributed by atoms with E-state index in [-0.39, 0.29) is 29.4 Å². The fraction of sp³-hybridized carbons (Fsp3) is 0.250. The Hall–Kier alpha value is -2.87. The standard InChI is InChI=1S/C16H15ClN4O4/c1-2-10-12(17)21-13(19-10)14(22)18-9-5-3-8(4-6-9)15-20-11(7-25-15)16(23)24/h3-7,10,12H,2H2,1H3,(H,18,22)(H,19,21)(H,23,24). The summed E-state index contributed by atoms with van der Waals surface area (Å²) < 4.78 is 5.13. The Labute approximate surface area is 147 Å². The highest BCUT2D eigenvalue weighted by atomic mass is 35.5. The minimum Gasteiger partial charge on any atom is -0.476 e. The summed E-state index contributed by atoms with van der Waals surface area (Å²) in [7, 11) is 0. The summed E-state index contributed by atoms with van der Waals surface area (Å²) in [5, 5.41) is 14.6. The van der Waals surface area contributed by atoms with Crippen molar-refractivity contribution in [3.8, 4) is 11.5 Å². The molecule has 0 bridgehead atoms. The van der Waals surface area contributed by atoms with Gasteiger partial charge >= 0.3 is 5.97 Å². The SMILES string of the molecule is CCC1NC(C(=O)Nc2ccc(-c3nc(C(=O)O)co3)cc2)=NC1Cl. The van der Waals surface area contributed by atoms with Crippen molar-refractivity contribution >= 4 is 35.0 Å². The number of rotatable bonds is 5. The van der Waals surface area contributed by atoms with Crippen molar-refractivity contribution in [2.45, 2.75) is 24.9 Å². The maximum atomic E-state index is 12.2. The number of anilines is 1. The van der Waals surface area contributed by atoms with E-state index < -0.39 is 11.5 Å². The molecule has 1 aromatic carbocycles. The van der Waals surface area contributed by atoms with Gasteiger partial charge in [-0.15, -0.1) is 0 Å². The summed E-state index contributed by atoms with van der Waals surface area (Å²) in [6, 6.07) is 6.58. The normalized spacial score (nSPS) is 19.2. The molecule has 3 rings (SSSR count). The number of carboxylic acids is 1. The van der Waals surface area contributed by atoms with Crippen molar-refractivity contribution in [1.82, 2.24) is 10.3 Å². The van der Waals surface area contributed by atoms with Crippen LogP contribution >= 0.6 is 11.6 Å². The highest BCUT2D eigenvalue weighted by Crippen LogP contribution is 2.21.